The van der Waals surface area contributed by atoms with E-state index in [-0.39, 0.29) is 29.8 Å². The molecule has 148 valence electrons. The van der Waals surface area contributed by atoms with Crippen molar-refractivity contribution in [3.8, 4) is 0 Å². The highest BCUT2D eigenvalue weighted by Gasteiger charge is 2.31. The van der Waals surface area contributed by atoms with E-state index in [1.165, 1.54) is 10.9 Å². The summed E-state index contributed by atoms with van der Waals surface area (Å²) in [5.74, 6) is 0.174. The minimum atomic E-state index is -0.193. The Labute approximate surface area is 163 Å². The van der Waals surface area contributed by atoms with Crippen molar-refractivity contribution in [2.75, 3.05) is 26.2 Å². The van der Waals surface area contributed by atoms with Crippen LogP contribution in [0, 0.1) is 12.8 Å². The van der Waals surface area contributed by atoms with Crippen molar-refractivity contribution in [3.63, 3.8) is 0 Å². The van der Waals surface area contributed by atoms with Gasteiger partial charge in [-0.2, -0.15) is 0 Å². The van der Waals surface area contributed by atoms with E-state index in [2.05, 4.69) is 4.98 Å². The molecule has 0 spiro atoms. The Morgan fingerprint density at radius 1 is 1.07 bits per heavy atom. The molecule has 4 rings (SSSR count). The van der Waals surface area contributed by atoms with Gasteiger partial charge >= 0.3 is 0 Å². The molecule has 0 saturated carbocycles. The van der Waals surface area contributed by atoms with E-state index in [0.29, 0.717) is 36.8 Å². The third kappa shape index (κ3) is 3.53. The van der Waals surface area contributed by atoms with Crippen LogP contribution in [0.2, 0.25) is 0 Å². The molecule has 0 N–H and O–H groups in total. The molecular weight excluding hydrogens is 356 g/mol. The molecule has 7 heteroatoms. The number of carbonyl (C=O) groups excluding carboxylic acids is 2. The maximum Gasteiger partial charge on any atom is 0.261 e. The monoisotopic (exact) mass is 382 g/mol. The van der Waals surface area contributed by atoms with Crippen LogP contribution in [0.1, 0.15) is 31.2 Å². The fourth-order valence-electron chi connectivity index (χ4n) is 4.27. The van der Waals surface area contributed by atoms with E-state index in [4.69, 9.17) is 0 Å². The lowest BCUT2D eigenvalue weighted by atomic mass is 9.95. The van der Waals surface area contributed by atoms with Crippen LogP contribution in [0.15, 0.2) is 29.3 Å². The summed E-state index contributed by atoms with van der Waals surface area (Å²) in [6.45, 7) is 4.78. The van der Waals surface area contributed by atoms with Gasteiger partial charge in [0.2, 0.25) is 11.8 Å². The Morgan fingerprint density at radius 3 is 2.50 bits per heavy atom. The van der Waals surface area contributed by atoms with Gasteiger partial charge in [-0.25, -0.2) is 4.98 Å². The summed E-state index contributed by atoms with van der Waals surface area (Å²) in [6, 6.07) is 5.49. The van der Waals surface area contributed by atoms with Crippen LogP contribution < -0.4 is 5.56 Å². The molecule has 2 saturated heterocycles. The molecule has 2 aliphatic rings. The first-order valence-corrected chi connectivity index (χ1v) is 10.1. The van der Waals surface area contributed by atoms with E-state index in [0.717, 1.165) is 31.5 Å². The maximum absolute atomic E-state index is 12.7. The highest BCUT2D eigenvalue weighted by molar-refractivity contribution is 5.82. The highest BCUT2D eigenvalue weighted by atomic mass is 16.2. The van der Waals surface area contributed by atoms with Gasteiger partial charge in [0.05, 0.1) is 17.2 Å². The normalized spacial score (nSPS) is 18.0. The number of hydrogen-bond donors (Lipinski definition) is 0. The molecule has 1 aromatic heterocycles. The first kappa shape index (κ1) is 18.7. The number of fused-ring (bicyclic) bond motifs is 1. The average Bonchev–Trinajstić information content (AvgIpc) is 3.25. The molecule has 0 bridgehead atoms. The Hall–Kier alpha value is -2.70. The number of piperidine rings is 1. The first-order valence-electron chi connectivity index (χ1n) is 10.1. The van der Waals surface area contributed by atoms with Crippen molar-refractivity contribution < 1.29 is 9.59 Å². The number of hydrogen-bond acceptors (Lipinski definition) is 4. The average molecular weight is 382 g/mol. The summed E-state index contributed by atoms with van der Waals surface area (Å²) in [7, 11) is 0. The third-order valence-electron chi connectivity index (χ3n) is 5.98. The number of rotatable bonds is 3. The molecule has 2 fully saturated rings. The molecule has 3 heterocycles. The molecule has 2 aliphatic heterocycles. The molecule has 7 nitrogen and oxygen atoms in total. The minimum absolute atomic E-state index is 0.0134. The molecule has 2 amide bonds. The second-order valence-electron chi connectivity index (χ2n) is 7.84. The number of aryl methyl sites for hydroxylation is 1. The number of likely N-dealkylation sites (tertiary alicyclic amines) is 2. The fourth-order valence-corrected chi connectivity index (χ4v) is 4.27. The zero-order chi connectivity index (χ0) is 19.7. The van der Waals surface area contributed by atoms with Crippen molar-refractivity contribution in [1.82, 2.24) is 19.4 Å². The summed E-state index contributed by atoms with van der Waals surface area (Å²) < 4.78 is 1.38. The Morgan fingerprint density at radius 2 is 1.79 bits per heavy atom. The summed E-state index contributed by atoms with van der Waals surface area (Å²) in [6.07, 6.45) is 5.05. The van der Waals surface area contributed by atoms with Crippen LogP contribution in [-0.2, 0) is 16.1 Å². The van der Waals surface area contributed by atoms with Crippen LogP contribution in [-0.4, -0.2) is 57.3 Å². The van der Waals surface area contributed by atoms with Crippen LogP contribution in [0.4, 0.5) is 0 Å². The van der Waals surface area contributed by atoms with Crippen LogP contribution >= 0.6 is 0 Å². The van der Waals surface area contributed by atoms with Gasteiger partial charge in [0.15, 0.2) is 0 Å². The lowest BCUT2D eigenvalue weighted by molar-refractivity contribution is -0.140. The van der Waals surface area contributed by atoms with Crippen molar-refractivity contribution in [2.45, 2.75) is 39.2 Å². The highest BCUT2D eigenvalue weighted by Crippen LogP contribution is 2.22. The molecule has 2 aromatic rings. The van der Waals surface area contributed by atoms with E-state index in [1.807, 2.05) is 24.0 Å². The van der Waals surface area contributed by atoms with Gasteiger partial charge in [-0.15, -0.1) is 0 Å². The standard InChI is InChI=1S/C21H26N4O3/c1-15-5-4-6-17-19(15)22-14-25(21(17)28)13-18(26)23-11-7-16(8-12-23)20(27)24-9-2-3-10-24/h4-6,14,16H,2-3,7-13H2,1H3. The number of para-hydroxylation sites is 1. The van der Waals surface area contributed by atoms with Crippen LogP contribution in [0.3, 0.4) is 0 Å². The van der Waals surface area contributed by atoms with E-state index < -0.39 is 0 Å². The Bertz CT molecular complexity index is 954. The van der Waals surface area contributed by atoms with E-state index in [9.17, 15) is 14.4 Å². The SMILES string of the molecule is Cc1cccc2c(=O)n(CC(=O)N3CCC(C(=O)N4CCCC4)CC3)cnc12. The van der Waals surface area contributed by atoms with Gasteiger partial charge in [0.25, 0.3) is 5.56 Å². The van der Waals surface area contributed by atoms with Crippen molar-refractivity contribution in [3.05, 3.63) is 40.4 Å². The molecule has 28 heavy (non-hydrogen) atoms. The zero-order valence-corrected chi connectivity index (χ0v) is 16.3. The van der Waals surface area contributed by atoms with Gasteiger partial charge in [0, 0.05) is 32.1 Å². The largest absolute Gasteiger partial charge is 0.342 e. The molecule has 0 unspecified atom stereocenters. The van der Waals surface area contributed by atoms with Crippen LogP contribution in [0.25, 0.3) is 10.9 Å². The smallest absolute Gasteiger partial charge is 0.261 e. The number of benzene rings is 1. The van der Waals surface area contributed by atoms with Gasteiger partial charge in [-0.3, -0.25) is 19.0 Å². The van der Waals surface area contributed by atoms with Gasteiger partial charge < -0.3 is 9.80 Å². The second-order valence-corrected chi connectivity index (χ2v) is 7.84. The van der Waals surface area contributed by atoms with Crippen molar-refractivity contribution >= 4 is 22.7 Å². The number of aromatic nitrogens is 2. The topological polar surface area (TPSA) is 75.5 Å². The summed E-state index contributed by atoms with van der Waals surface area (Å²) in [5, 5.41) is 0.533. The molecule has 1 aromatic carbocycles. The summed E-state index contributed by atoms with van der Waals surface area (Å²) in [5.41, 5.74) is 1.43. The molecular formula is C21H26N4O3. The van der Waals surface area contributed by atoms with Crippen LogP contribution in [0.5, 0.6) is 0 Å². The number of nitrogens with zero attached hydrogens (tertiary/aromatic N) is 4. The minimum Gasteiger partial charge on any atom is -0.342 e. The molecule has 0 atom stereocenters. The number of carbonyl (C=O) groups is 2. The molecule has 0 aliphatic carbocycles. The number of amides is 2. The zero-order valence-electron chi connectivity index (χ0n) is 16.3. The fraction of sp³-hybridized carbons (Fsp3) is 0.524. The quantitative estimate of drug-likeness (QED) is 0.807. The predicted molar refractivity (Wildman–Crippen MR) is 106 cm³/mol. The summed E-state index contributed by atoms with van der Waals surface area (Å²) in [4.78, 5) is 46.0. The Balaban J connectivity index is 1.40. The van der Waals surface area contributed by atoms with Crippen molar-refractivity contribution in [1.29, 1.82) is 0 Å². The lowest BCUT2D eigenvalue weighted by Gasteiger charge is -2.33. The first-order chi connectivity index (χ1) is 13.5. The third-order valence-corrected chi connectivity index (χ3v) is 5.98. The summed E-state index contributed by atoms with van der Waals surface area (Å²) >= 11 is 0. The predicted octanol–water partition coefficient (Wildman–Crippen LogP) is 1.57. The van der Waals surface area contributed by atoms with Gasteiger partial charge in [0.1, 0.15) is 6.54 Å². The lowest BCUT2D eigenvalue weighted by Crippen LogP contribution is -2.45. The van der Waals surface area contributed by atoms with E-state index in [1.54, 1.807) is 11.0 Å². The molecule has 0 radical (unpaired) electrons. The van der Waals surface area contributed by atoms with Gasteiger partial charge in [-0.05, 0) is 44.2 Å². The van der Waals surface area contributed by atoms with Gasteiger partial charge in [-0.1, -0.05) is 12.1 Å². The Kier molecular flexibility index (Phi) is 5.15. The van der Waals surface area contributed by atoms with E-state index >= 15 is 0 Å². The van der Waals surface area contributed by atoms with Crippen molar-refractivity contribution in [2.24, 2.45) is 5.92 Å². The maximum atomic E-state index is 12.7. The second kappa shape index (κ2) is 7.73.